The second-order valence-electron chi connectivity index (χ2n) is 6.44. The highest BCUT2D eigenvalue weighted by atomic mass is 32.2. The van der Waals surface area contributed by atoms with Gasteiger partial charge in [0.2, 0.25) is 5.91 Å². The maximum Gasteiger partial charge on any atom is 0.220 e. The minimum Gasteiger partial charge on any atom is -0.369 e. The number of primary amides is 1. The van der Waals surface area contributed by atoms with E-state index >= 15 is 0 Å². The van der Waals surface area contributed by atoms with E-state index < -0.39 is 9.84 Å². The average molecular weight is 329 g/mol. The molecule has 7 heteroatoms. The van der Waals surface area contributed by atoms with Gasteiger partial charge >= 0.3 is 0 Å². The van der Waals surface area contributed by atoms with Gasteiger partial charge in [0, 0.05) is 17.9 Å². The summed E-state index contributed by atoms with van der Waals surface area (Å²) in [6.45, 7) is 3.91. The van der Waals surface area contributed by atoms with Gasteiger partial charge in [0.15, 0.2) is 9.84 Å². The number of hydrogen-bond acceptors (Lipinski definition) is 5. The predicted molar refractivity (Wildman–Crippen MR) is 86.9 cm³/mol. The summed E-state index contributed by atoms with van der Waals surface area (Å²) in [7, 11) is -1.12. The normalized spacial score (nSPS) is 24.0. The molecule has 6 nitrogen and oxygen atoms in total. The summed E-state index contributed by atoms with van der Waals surface area (Å²) in [6, 6.07) is 0. The second kappa shape index (κ2) is 7.57. The van der Waals surface area contributed by atoms with Crippen LogP contribution in [0, 0.1) is 5.92 Å². The fraction of sp³-hybridized carbons (Fsp3) is 0.800. The number of hydrogen-bond donors (Lipinski definition) is 1. The minimum absolute atomic E-state index is 0.0248. The Balaban J connectivity index is 1.78. The zero-order valence-electron chi connectivity index (χ0n) is 13.3. The predicted octanol–water partition coefficient (Wildman–Crippen LogP) is 0.206. The van der Waals surface area contributed by atoms with E-state index in [1.54, 1.807) is 6.08 Å². The number of carbonyl (C=O) groups is 1. The van der Waals surface area contributed by atoms with Gasteiger partial charge in [0.05, 0.1) is 5.25 Å². The van der Waals surface area contributed by atoms with Crippen molar-refractivity contribution in [1.82, 2.24) is 9.80 Å². The number of likely N-dealkylation sites (tertiary alicyclic amines) is 2. The van der Waals surface area contributed by atoms with Crippen LogP contribution in [0.3, 0.4) is 0 Å². The number of piperidine rings is 2. The van der Waals surface area contributed by atoms with E-state index in [0.29, 0.717) is 19.4 Å². The van der Waals surface area contributed by atoms with E-state index in [9.17, 15) is 13.2 Å². The van der Waals surface area contributed by atoms with Crippen LogP contribution in [0.25, 0.3) is 0 Å². The standard InChI is InChI=1S/C15H27N3O3S/c1-17-8-5-14(6-9-17)22(20,21)12-2-7-18-10-3-13(4-11-18)15(16)19/h2,12-14H,3-11H2,1H3,(H2,16,19)/b12-2+. The van der Waals surface area contributed by atoms with Gasteiger partial charge in [0.25, 0.3) is 0 Å². The van der Waals surface area contributed by atoms with Crippen molar-refractivity contribution in [2.24, 2.45) is 11.7 Å². The Kier molecular flexibility index (Phi) is 6.00. The summed E-state index contributed by atoms with van der Waals surface area (Å²) < 4.78 is 24.6. The lowest BCUT2D eigenvalue weighted by molar-refractivity contribution is -0.123. The van der Waals surface area contributed by atoms with E-state index in [0.717, 1.165) is 39.0 Å². The third kappa shape index (κ3) is 4.79. The van der Waals surface area contributed by atoms with Crippen molar-refractivity contribution in [3.8, 4) is 0 Å². The smallest absolute Gasteiger partial charge is 0.220 e. The molecule has 0 aliphatic carbocycles. The van der Waals surface area contributed by atoms with Gasteiger partial charge in [-0.15, -0.1) is 0 Å². The molecule has 0 aromatic heterocycles. The number of amides is 1. The third-order valence-corrected chi connectivity index (χ3v) is 6.74. The fourth-order valence-electron chi connectivity index (χ4n) is 3.15. The molecule has 126 valence electrons. The second-order valence-corrected chi connectivity index (χ2v) is 8.56. The molecule has 2 fully saturated rings. The highest BCUT2D eigenvalue weighted by molar-refractivity contribution is 7.94. The monoisotopic (exact) mass is 329 g/mol. The van der Waals surface area contributed by atoms with Crippen molar-refractivity contribution < 1.29 is 13.2 Å². The molecule has 2 aliphatic heterocycles. The third-order valence-electron chi connectivity index (χ3n) is 4.77. The van der Waals surface area contributed by atoms with Gasteiger partial charge < -0.3 is 10.6 Å². The average Bonchev–Trinajstić information content (AvgIpc) is 2.48. The summed E-state index contributed by atoms with van der Waals surface area (Å²) in [5.74, 6) is -0.247. The number of nitrogens with two attached hydrogens (primary N) is 1. The number of carbonyl (C=O) groups excluding carboxylic acids is 1. The van der Waals surface area contributed by atoms with Crippen LogP contribution in [0.4, 0.5) is 0 Å². The molecule has 2 heterocycles. The van der Waals surface area contributed by atoms with Gasteiger partial charge in [-0.2, -0.15) is 0 Å². The minimum atomic E-state index is -3.14. The van der Waals surface area contributed by atoms with Crippen molar-refractivity contribution in [2.45, 2.75) is 30.9 Å². The summed E-state index contributed by atoms with van der Waals surface area (Å²) in [5.41, 5.74) is 5.31. The maximum absolute atomic E-state index is 12.3. The SMILES string of the molecule is CN1CCC(S(=O)(=O)/C=C/CN2CCC(C(N)=O)CC2)CC1. The van der Waals surface area contributed by atoms with Crippen LogP contribution in [0.2, 0.25) is 0 Å². The Morgan fingerprint density at radius 3 is 2.27 bits per heavy atom. The van der Waals surface area contributed by atoms with Crippen LogP contribution in [0.5, 0.6) is 0 Å². The van der Waals surface area contributed by atoms with Crippen molar-refractivity contribution >= 4 is 15.7 Å². The molecule has 0 spiro atoms. The molecule has 2 N–H and O–H groups in total. The van der Waals surface area contributed by atoms with Crippen LogP contribution in [-0.4, -0.2) is 69.1 Å². The molecule has 2 saturated heterocycles. The highest BCUT2D eigenvalue weighted by Gasteiger charge is 2.27. The molecule has 0 aromatic carbocycles. The highest BCUT2D eigenvalue weighted by Crippen LogP contribution is 2.19. The molecule has 0 radical (unpaired) electrons. The Bertz CT molecular complexity index is 502. The van der Waals surface area contributed by atoms with Crippen LogP contribution in [0.1, 0.15) is 25.7 Å². The lowest BCUT2D eigenvalue weighted by Gasteiger charge is -2.29. The Morgan fingerprint density at radius 1 is 1.14 bits per heavy atom. The molecule has 2 rings (SSSR count). The summed E-state index contributed by atoms with van der Waals surface area (Å²) in [4.78, 5) is 15.4. The van der Waals surface area contributed by atoms with E-state index in [1.165, 1.54) is 5.41 Å². The van der Waals surface area contributed by atoms with E-state index in [-0.39, 0.29) is 17.1 Å². The molecule has 2 aliphatic rings. The van der Waals surface area contributed by atoms with Crippen LogP contribution >= 0.6 is 0 Å². The van der Waals surface area contributed by atoms with Crippen LogP contribution in [-0.2, 0) is 14.6 Å². The van der Waals surface area contributed by atoms with E-state index in [1.807, 2.05) is 7.05 Å². The number of sulfone groups is 1. The van der Waals surface area contributed by atoms with Crippen molar-refractivity contribution in [1.29, 1.82) is 0 Å². The fourth-order valence-corrected chi connectivity index (χ4v) is 4.60. The van der Waals surface area contributed by atoms with Crippen molar-refractivity contribution in [2.75, 3.05) is 39.8 Å². The Labute approximate surface area is 133 Å². The van der Waals surface area contributed by atoms with Gasteiger partial charge in [0.1, 0.15) is 0 Å². The van der Waals surface area contributed by atoms with E-state index in [4.69, 9.17) is 5.73 Å². The van der Waals surface area contributed by atoms with Gasteiger partial charge in [-0.1, -0.05) is 6.08 Å². The topological polar surface area (TPSA) is 83.7 Å². The summed E-state index contributed by atoms with van der Waals surface area (Å²) in [5, 5.41) is 1.16. The molecule has 1 amide bonds. The van der Waals surface area contributed by atoms with Crippen molar-refractivity contribution in [3.63, 3.8) is 0 Å². The largest absolute Gasteiger partial charge is 0.369 e. The lowest BCUT2D eigenvalue weighted by Crippen LogP contribution is -2.38. The first-order chi connectivity index (χ1) is 10.4. The molecule has 0 saturated carbocycles. The molecule has 0 aromatic rings. The van der Waals surface area contributed by atoms with Crippen molar-refractivity contribution in [3.05, 3.63) is 11.5 Å². The molecular weight excluding hydrogens is 302 g/mol. The zero-order chi connectivity index (χ0) is 16.2. The first kappa shape index (κ1) is 17.4. The molecule has 0 atom stereocenters. The first-order valence-corrected chi connectivity index (χ1v) is 9.60. The van der Waals surface area contributed by atoms with Crippen LogP contribution < -0.4 is 5.73 Å². The summed E-state index contributed by atoms with van der Waals surface area (Å²) in [6.07, 6.45) is 4.72. The number of rotatable bonds is 5. The van der Waals surface area contributed by atoms with E-state index in [2.05, 4.69) is 9.80 Å². The molecule has 0 unspecified atom stereocenters. The Morgan fingerprint density at radius 2 is 1.73 bits per heavy atom. The van der Waals surface area contributed by atoms with Gasteiger partial charge in [-0.05, 0) is 58.9 Å². The lowest BCUT2D eigenvalue weighted by atomic mass is 9.96. The van der Waals surface area contributed by atoms with Crippen LogP contribution in [0.15, 0.2) is 11.5 Å². The van der Waals surface area contributed by atoms with Gasteiger partial charge in [-0.25, -0.2) is 8.42 Å². The quantitative estimate of drug-likeness (QED) is 0.779. The first-order valence-electron chi connectivity index (χ1n) is 7.99. The Hall–Kier alpha value is -0.920. The molecular formula is C15H27N3O3S. The summed E-state index contributed by atoms with van der Waals surface area (Å²) >= 11 is 0. The maximum atomic E-state index is 12.3. The number of nitrogens with zero attached hydrogens (tertiary/aromatic N) is 2. The zero-order valence-corrected chi connectivity index (χ0v) is 14.1. The molecule has 0 bridgehead atoms. The molecule has 22 heavy (non-hydrogen) atoms. The van der Waals surface area contributed by atoms with Gasteiger partial charge in [-0.3, -0.25) is 9.69 Å².